The van der Waals surface area contributed by atoms with Crippen LogP contribution in [0.1, 0.15) is 41.3 Å². The van der Waals surface area contributed by atoms with Gasteiger partial charge in [-0.25, -0.2) is 14.5 Å². The Morgan fingerprint density at radius 2 is 2.00 bits per heavy atom. The summed E-state index contributed by atoms with van der Waals surface area (Å²) >= 11 is 0. The summed E-state index contributed by atoms with van der Waals surface area (Å²) in [4.78, 5) is 16.4. The summed E-state index contributed by atoms with van der Waals surface area (Å²) in [6, 6.07) is 13.1. The first kappa shape index (κ1) is 15.9. The molecule has 0 aliphatic carbocycles. The molecule has 3 aromatic rings. The smallest absolute Gasteiger partial charge is 0.343 e. The lowest BCUT2D eigenvalue weighted by molar-refractivity contribution is 0.0733. The highest BCUT2D eigenvalue weighted by atomic mass is 16.5. The van der Waals surface area contributed by atoms with E-state index in [2.05, 4.69) is 30.0 Å². The number of rotatable bonds is 4. The number of aromatic nitrogens is 3. The molecule has 5 heteroatoms. The number of nitrogens with zero attached hydrogens (tertiary/aromatic N) is 3. The molecule has 1 aromatic heterocycles. The molecule has 5 nitrogen and oxygen atoms in total. The van der Waals surface area contributed by atoms with E-state index in [1.165, 1.54) is 6.33 Å². The van der Waals surface area contributed by atoms with E-state index < -0.39 is 0 Å². The number of aryl methyl sites for hydroxylation is 1. The Morgan fingerprint density at radius 1 is 1.17 bits per heavy atom. The quantitative estimate of drug-likeness (QED) is 0.540. The first-order valence-electron chi connectivity index (χ1n) is 7.82. The predicted molar refractivity (Wildman–Crippen MR) is 91.6 cm³/mol. The van der Waals surface area contributed by atoms with Crippen LogP contribution in [0.4, 0.5) is 0 Å². The van der Waals surface area contributed by atoms with E-state index in [1.807, 2.05) is 25.1 Å². The van der Waals surface area contributed by atoms with Gasteiger partial charge in [0.1, 0.15) is 18.4 Å². The van der Waals surface area contributed by atoms with Crippen molar-refractivity contribution in [2.75, 3.05) is 0 Å². The Labute approximate surface area is 140 Å². The van der Waals surface area contributed by atoms with Crippen molar-refractivity contribution in [3.63, 3.8) is 0 Å². The summed E-state index contributed by atoms with van der Waals surface area (Å²) < 4.78 is 7.21. The standard InChI is InChI=1S/C19H19N3O2/c1-13(2)15-8-7-14(3)18(10-15)24-19(23)16-5-4-6-17(9-16)22-12-20-11-21-22/h4-13H,1-3H3. The molecule has 0 fully saturated rings. The number of benzene rings is 2. The van der Waals surface area contributed by atoms with E-state index in [1.54, 1.807) is 29.2 Å². The fourth-order valence-electron chi connectivity index (χ4n) is 2.36. The number of hydrogen-bond donors (Lipinski definition) is 0. The molecule has 0 atom stereocenters. The van der Waals surface area contributed by atoms with Gasteiger partial charge in [0, 0.05) is 0 Å². The highest BCUT2D eigenvalue weighted by Crippen LogP contribution is 2.25. The maximum atomic E-state index is 12.5. The second-order valence-corrected chi connectivity index (χ2v) is 5.96. The Hall–Kier alpha value is -2.95. The van der Waals surface area contributed by atoms with Crippen molar-refractivity contribution in [2.45, 2.75) is 26.7 Å². The largest absolute Gasteiger partial charge is 0.423 e. The lowest BCUT2D eigenvalue weighted by Gasteiger charge is -2.12. The average Bonchev–Trinajstić information content (AvgIpc) is 3.11. The lowest BCUT2D eigenvalue weighted by atomic mass is 10.0. The van der Waals surface area contributed by atoms with Crippen molar-refractivity contribution in [2.24, 2.45) is 0 Å². The fourth-order valence-corrected chi connectivity index (χ4v) is 2.36. The maximum Gasteiger partial charge on any atom is 0.343 e. The Morgan fingerprint density at radius 3 is 2.71 bits per heavy atom. The topological polar surface area (TPSA) is 57.0 Å². The van der Waals surface area contributed by atoms with Crippen LogP contribution in [0.5, 0.6) is 5.75 Å². The molecule has 0 bridgehead atoms. The third-order valence-corrected chi connectivity index (χ3v) is 3.85. The van der Waals surface area contributed by atoms with Crippen molar-refractivity contribution in [1.82, 2.24) is 14.8 Å². The van der Waals surface area contributed by atoms with E-state index in [0.29, 0.717) is 17.2 Å². The number of hydrogen-bond acceptors (Lipinski definition) is 4. The molecule has 0 aliphatic rings. The molecule has 0 unspecified atom stereocenters. The summed E-state index contributed by atoms with van der Waals surface area (Å²) in [5.74, 6) is 0.581. The Kier molecular flexibility index (Phi) is 4.42. The molecule has 0 spiro atoms. The average molecular weight is 321 g/mol. The van der Waals surface area contributed by atoms with Gasteiger partial charge in [-0.15, -0.1) is 0 Å². The van der Waals surface area contributed by atoms with Crippen LogP contribution in [0.15, 0.2) is 55.1 Å². The van der Waals surface area contributed by atoms with Gasteiger partial charge in [0.05, 0.1) is 11.3 Å². The summed E-state index contributed by atoms with van der Waals surface area (Å²) in [6.45, 7) is 6.15. The summed E-state index contributed by atoms with van der Waals surface area (Å²) in [5, 5.41) is 4.07. The van der Waals surface area contributed by atoms with Crippen molar-refractivity contribution in [3.8, 4) is 11.4 Å². The number of carbonyl (C=O) groups is 1. The van der Waals surface area contributed by atoms with Crippen LogP contribution < -0.4 is 4.74 Å². The molecule has 0 saturated heterocycles. The molecule has 1 heterocycles. The molecule has 0 N–H and O–H groups in total. The van der Waals surface area contributed by atoms with E-state index >= 15 is 0 Å². The number of carbonyl (C=O) groups excluding carboxylic acids is 1. The van der Waals surface area contributed by atoms with Gasteiger partial charge in [-0.05, 0) is 48.2 Å². The molecule has 2 aromatic carbocycles. The van der Waals surface area contributed by atoms with Crippen LogP contribution in [0, 0.1) is 6.92 Å². The molecular formula is C19H19N3O2. The minimum Gasteiger partial charge on any atom is -0.423 e. The van der Waals surface area contributed by atoms with Crippen LogP contribution in [0.25, 0.3) is 5.69 Å². The van der Waals surface area contributed by atoms with Gasteiger partial charge < -0.3 is 4.74 Å². The van der Waals surface area contributed by atoms with Crippen LogP contribution >= 0.6 is 0 Å². The third-order valence-electron chi connectivity index (χ3n) is 3.85. The van der Waals surface area contributed by atoms with Crippen molar-refractivity contribution < 1.29 is 9.53 Å². The molecule has 122 valence electrons. The van der Waals surface area contributed by atoms with Crippen LogP contribution in [-0.4, -0.2) is 20.7 Å². The number of esters is 1. The lowest BCUT2D eigenvalue weighted by Crippen LogP contribution is -2.10. The zero-order valence-electron chi connectivity index (χ0n) is 13.9. The third kappa shape index (κ3) is 3.35. The second-order valence-electron chi connectivity index (χ2n) is 5.96. The summed E-state index contributed by atoms with van der Waals surface area (Å²) in [7, 11) is 0. The van der Waals surface area contributed by atoms with Gasteiger partial charge in [0.2, 0.25) is 0 Å². The van der Waals surface area contributed by atoms with Crippen molar-refractivity contribution in [1.29, 1.82) is 0 Å². The van der Waals surface area contributed by atoms with E-state index in [-0.39, 0.29) is 5.97 Å². The predicted octanol–water partition coefficient (Wildman–Crippen LogP) is 3.92. The SMILES string of the molecule is Cc1ccc(C(C)C)cc1OC(=O)c1cccc(-n2cncn2)c1. The van der Waals surface area contributed by atoms with Gasteiger partial charge in [-0.3, -0.25) is 0 Å². The Bertz CT molecular complexity index is 855. The number of ether oxygens (including phenoxy) is 1. The molecule has 0 aliphatic heterocycles. The molecular weight excluding hydrogens is 302 g/mol. The van der Waals surface area contributed by atoms with E-state index in [4.69, 9.17) is 4.74 Å². The molecule has 0 radical (unpaired) electrons. The molecule has 3 rings (SSSR count). The molecule has 0 saturated carbocycles. The van der Waals surface area contributed by atoms with Crippen LogP contribution in [0.2, 0.25) is 0 Å². The minimum atomic E-state index is -0.388. The normalized spacial score (nSPS) is 10.8. The minimum absolute atomic E-state index is 0.374. The van der Waals surface area contributed by atoms with Crippen molar-refractivity contribution >= 4 is 5.97 Å². The highest BCUT2D eigenvalue weighted by molar-refractivity contribution is 5.91. The van der Waals surface area contributed by atoms with Gasteiger partial charge in [0.25, 0.3) is 0 Å². The van der Waals surface area contributed by atoms with Gasteiger partial charge in [-0.2, -0.15) is 5.10 Å². The first-order chi connectivity index (χ1) is 11.5. The second kappa shape index (κ2) is 6.66. The fraction of sp³-hybridized carbons (Fsp3) is 0.211. The molecule has 0 amide bonds. The monoisotopic (exact) mass is 321 g/mol. The van der Waals surface area contributed by atoms with E-state index in [0.717, 1.165) is 16.8 Å². The van der Waals surface area contributed by atoms with Gasteiger partial charge in [0.15, 0.2) is 0 Å². The zero-order valence-corrected chi connectivity index (χ0v) is 13.9. The van der Waals surface area contributed by atoms with Gasteiger partial charge >= 0.3 is 5.97 Å². The zero-order chi connectivity index (χ0) is 17.1. The Balaban J connectivity index is 1.86. The van der Waals surface area contributed by atoms with Gasteiger partial charge in [-0.1, -0.05) is 32.0 Å². The van der Waals surface area contributed by atoms with E-state index in [9.17, 15) is 4.79 Å². The van der Waals surface area contributed by atoms with Crippen LogP contribution in [-0.2, 0) is 0 Å². The highest BCUT2D eigenvalue weighted by Gasteiger charge is 2.13. The first-order valence-corrected chi connectivity index (χ1v) is 7.82. The maximum absolute atomic E-state index is 12.5. The summed E-state index contributed by atoms with van der Waals surface area (Å²) in [6.07, 6.45) is 3.03. The van der Waals surface area contributed by atoms with Crippen molar-refractivity contribution in [3.05, 3.63) is 71.8 Å². The molecule has 24 heavy (non-hydrogen) atoms. The van der Waals surface area contributed by atoms with Crippen LogP contribution in [0.3, 0.4) is 0 Å². The summed E-state index contributed by atoms with van der Waals surface area (Å²) in [5.41, 5.74) is 3.30.